The van der Waals surface area contributed by atoms with Crippen LogP contribution in [0.3, 0.4) is 0 Å². The highest BCUT2D eigenvalue weighted by Gasteiger charge is 2.14. The van der Waals surface area contributed by atoms with E-state index in [1.807, 2.05) is 18.5 Å². The van der Waals surface area contributed by atoms with Crippen molar-refractivity contribution in [3.63, 3.8) is 0 Å². The second kappa shape index (κ2) is 15.0. The highest BCUT2D eigenvalue weighted by atomic mass is 15.0. The van der Waals surface area contributed by atoms with Gasteiger partial charge in [0.2, 0.25) is 0 Å². The van der Waals surface area contributed by atoms with E-state index in [2.05, 4.69) is 69.1 Å². The quantitative estimate of drug-likeness (QED) is 0.239. The Labute approximate surface area is 215 Å². The molecule has 0 fully saturated rings. The first-order valence-electron chi connectivity index (χ1n) is 13.0. The Morgan fingerprint density at radius 3 is 2.44 bits per heavy atom. The Kier molecular flexibility index (Phi) is 11.4. The van der Waals surface area contributed by atoms with Gasteiger partial charge in [-0.2, -0.15) is 0 Å². The van der Waals surface area contributed by atoms with Crippen molar-refractivity contribution >= 4 is 21.8 Å². The Morgan fingerprint density at radius 1 is 0.833 bits per heavy atom. The number of aryl methyl sites for hydroxylation is 3. The number of para-hydroxylation sites is 1. The number of nitrogens with two attached hydrogens (primary N) is 2. The van der Waals surface area contributed by atoms with Crippen molar-refractivity contribution < 1.29 is 0 Å². The number of benzene rings is 1. The first-order chi connectivity index (χ1) is 17.8. The zero-order valence-corrected chi connectivity index (χ0v) is 21.3. The number of pyridine rings is 2. The third-order valence-corrected chi connectivity index (χ3v) is 6.54. The second-order valence-electron chi connectivity index (χ2n) is 8.95. The maximum absolute atomic E-state index is 5.75. The van der Waals surface area contributed by atoms with Crippen LogP contribution in [0.1, 0.15) is 49.1 Å². The number of fused-ring (bicyclic) bond motifs is 4. The summed E-state index contributed by atoms with van der Waals surface area (Å²) in [5.74, 6) is 0. The summed E-state index contributed by atoms with van der Waals surface area (Å²) in [6.07, 6.45) is 20.0. The maximum Gasteiger partial charge on any atom is 0.0784 e. The first-order valence-corrected chi connectivity index (χ1v) is 13.0. The molecule has 190 valence electrons. The van der Waals surface area contributed by atoms with Crippen LogP contribution in [0, 0.1) is 12.8 Å². The van der Waals surface area contributed by atoms with Gasteiger partial charge in [0.1, 0.15) is 0 Å². The summed E-state index contributed by atoms with van der Waals surface area (Å²) in [6.45, 7) is 4.12. The number of unbranched alkanes of at least 4 members (excludes halogenated alkanes) is 1. The lowest BCUT2D eigenvalue weighted by molar-refractivity contribution is 0.619. The Hall–Kier alpha value is -3.24. The molecule has 1 aliphatic rings. The van der Waals surface area contributed by atoms with Gasteiger partial charge in [-0.1, -0.05) is 24.3 Å². The summed E-state index contributed by atoms with van der Waals surface area (Å²) in [5.41, 5.74) is 17.7. The number of nitrogens with one attached hydrogen (secondary N) is 1. The van der Waals surface area contributed by atoms with Crippen molar-refractivity contribution in [1.82, 2.24) is 19.9 Å². The fraction of sp³-hybridized carbons (Fsp3) is 0.400. The molecule has 0 aliphatic heterocycles. The lowest BCUT2D eigenvalue weighted by Crippen LogP contribution is -2.17. The van der Waals surface area contributed by atoms with Crippen LogP contribution in [0.5, 0.6) is 0 Å². The van der Waals surface area contributed by atoms with Crippen LogP contribution in [0.15, 0.2) is 54.9 Å². The first kappa shape index (κ1) is 27.3. The molecule has 0 saturated carbocycles. The maximum atomic E-state index is 5.75. The van der Waals surface area contributed by atoms with Crippen molar-refractivity contribution in [2.24, 2.45) is 11.5 Å². The number of terminal acetylenes is 1. The van der Waals surface area contributed by atoms with Gasteiger partial charge in [-0.25, -0.2) is 0 Å². The lowest BCUT2D eigenvalue weighted by atomic mass is 9.96. The SMILES string of the molecule is C#C.NCCCCNCc1nccc2c3ccccc3n(CCCN)c12.c1cnc2c(c1)CCCC2. The van der Waals surface area contributed by atoms with E-state index < -0.39 is 0 Å². The topological polar surface area (TPSA) is 94.8 Å². The van der Waals surface area contributed by atoms with Crippen molar-refractivity contribution in [2.75, 3.05) is 19.6 Å². The van der Waals surface area contributed by atoms with E-state index in [9.17, 15) is 0 Å². The average molecular weight is 485 g/mol. The minimum absolute atomic E-state index is 0.695. The molecule has 0 radical (unpaired) electrons. The Bertz CT molecular complexity index is 1200. The molecule has 0 bridgehead atoms. The molecule has 36 heavy (non-hydrogen) atoms. The molecular formula is C30H40N6. The van der Waals surface area contributed by atoms with Gasteiger partial charge < -0.3 is 21.4 Å². The molecule has 6 nitrogen and oxygen atoms in total. The van der Waals surface area contributed by atoms with Crippen molar-refractivity contribution in [1.29, 1.82) is 0 Å². The van der Waals surface area contributed by atoms with E-state index in [-0.39, 0.29) is 0 Å². The molecule has 5 rings (SSSR count). The van der Waals surface area contributed by atoms with Crippen molar-refractivity contribution in [2.45, 2.75) is 58.0 Å². The minimum Gasteiger partial charge on any atom is -0.339 e. The van der Waals surface area contributed by atoms with Crippen LogP contribution in [-0.4, -0.2) is 34.2 Å². The van der Waals surface area contributed by atoms with Gasteiger partial charge in [0.15, 0.2) is 0 Å². The molecule has 1 aromatic carbocycles. The molecule has 3 heterocycles. The molecule has 1 aliphatic carbocycles. The van der Waals surface area contributed by atoms with Crippen LogP contribution in [0.4, 0.5) is 0 Å². The number of nitrogens with zero attached hydrogens (tertiary/aromatic N) is 3. The number of rotatable bonds is 9. The summed E-state index contributed by atoms with van der Waals surface area (Å²) >= 11 is 0. The highest BCUT2D eigenvalue weighted by Crippen LogP contribution is 2.30. The molecule has 0 unspecified atom stereocenters. The van der Waals surface area contributed by atoms with Gasteiger partial charge in [0, 0.05) is 47.5 Å². The highest BCUT2D eigenvalue weighted by molar-refractivity contribution is 6.08. The standard InChI is InChI=1S/C19H27N5.C9H11N.C2H2/c20-9-3-4-11-22-14-17-19-16(8-12-23-17)15-6-1-2-7-18(15)24(19)13-5-10-21;1-2-6-9-8(4-1)5-3-7-10-9;1-2/h1-2,6-8,12,22H,3-5,9-11,13-14,20-21H2;3,5,7H,1-2,4,6H2;1-2H. The summed E-state index contributed by atoms with van der Waals surface area (Å²) in [5, 5.41) is 6.06. The predicted octanol–water partition coefficient (Wildman–Crippen LogP) is 4.58. The van der Waals surface area contributed by atoms with Crippen LogP contribution < -0.4 is 16.8 Å². The lowest BCUT2D eigenvalue weighted by Gasteiger charge is -2.12. The van der Waals surface area contributed by atoms with E-state index in [0.29, 0.717) is 6.54 Å². The average Bonchev–Trinajstić information content (AvgIpc) is 3.27. The van der Waals surface area contributed by atoms with Crippen LogP contribution >= 0.6 is 0 Å². The van der Waals surface area contributed by atoms with Crippen LogP contribution in [0.25, 0.3) is 21.8 Å². The minimum atomic E-state index is 0.695. The third kappa shape index (κ3) is 6.92. The van der Waals surface area contributed by atoms with E-state index in [4.69, 9.17) is 11.5 Å². The number of aromatic nitrogens is 3. The van der Waals surface area contributed by atoms with Crippen LogP contribution in [-0.2, 0) is 25.9 Å². The smallest absolute Gasteiger partial charge is 0.0784 e. The molecule has 0 amide bonds. The Balaban J connectivity index is 0.000000249. The monoisotopic (exact) mass is 484 g/mol. The van der Waals surface area contributed by atoms with Crippen molar-refractivity contribution in [3.05, 3.63) is 71.8 Å². The third-order valence-electron chi connectivity index (χ3n) is 6.54. The molecular weight excluding hydrogens is 444 g/mol. The summed E-state index contributed by atoms with van der Waals surface area (Å²) in [4.78, 5) is 8.97. The van der Waals surface area contributed by atoms with Gasteiger partial charge in [-0.15, -0.1) is 12.8 Å². The fourth-order valence-corrected chi connectivity index (χ4v) is 4.82. The molecule has 6 heteroatoms. The molecule has 5 N–H and O–H groups in total. The summed E-state index contributed by atoms with van der Waals surface area (Å²) in [7, 11) is 0. The molecule has 0 saturated heterocycles. The largest absolute Gasteiger partial charge is 0.339 e. The van der Waals surface area contributed by atoms with Gasteiger partial charge in [0.25, 0.3) is 0 Å². The number of hydrogen-bond donors (Lipinski definition) is 3. The summed E-state index contributed by atoms with van der Waals surface area (Å²) < 4.78 is 2.38. The van der Waals surface area contributed by atoms with E-state index in [1.165, 1.54) is 58.7 Å². The predicted molar refractivity (Wildman–Crippen MR) is 152 cm³/mol. The van der Waals surface area contributed by atoms with E-state index >= 15 is 0 Å². The van der Waals surface area contributed by atoms with Crippen LogP contribution in [0.2, 0.25) is 0 Å². The van der Waals surface area contributed by atoms with E-state index in [1.54, 1.807) is 0 Å². The Morgan fingerprint density at radius 2 is 1.64 bits per heavy atom. The molecule has 4 aromatic rings. The second-order valence-corrected chi connectivity index (χ2v) is 8.95. The zero-order chi connectivity index (χ0) is 25.6. The van der Waals surface area contributed by atoms with Crippen molar-refractivity contribution in [3.8, 4) is 12.8 Å². The number of hydrogen-bond acceptors (Lipinski definition) is 5. The molecule has 0 spiro atoms. The van der Waals surface area contributed by atoms with Gasteiger partial charge in [0.05, 0.1) is 11.2 Å². The molecule has 3 aromatic heterocycles. The van der Waals surface area contributed by atoms with Gasteiger partial charge in [-0.3, -0.25) is 9.97 Å². The fourth-order valence-electron chi connectivity index (χ4n) is 4.82. The molecule has 0 atom stereocenters. The van der Waals surface area contributed by atoms with Gasteiger partial charge >= 0.3 is 0 Å². The normalized spacial score (nSPS) is 12.3. The summed E-state index contributed by atoms with van der Waals surface area (Å²) in [6, 6.07) is 14.9. The van der Waals surface area contributed by atoms with Gasteiger partial charge in [-0.05, 0) is 88.3 Å². The van der Waals surface area contributed by atoms with E-state index in [0.717, 1.165) is 51.1 Å². The zero-order valence-electron chi connectivity index (χ0n) is 21.3.